The number of amides is 1. The van der Waals surface area contributed by atoms with E-state index in [0.717, 1.165) is 12.8 Å². The Bertz CT molecular complexity index is 621. The summed E-state index contributed by atoms with van der Waals surface area (Å²) in [5.41, 5.74) is 6.78. The van der Waals surface area contributed by atoms with E-state index in [9.17, 15) is 9.90 Å². The Kier molecular flexibility index (Phi) is 3.67. The van der Waals surface area contributed by atoms with Crippen LogP contribution in [0.15, 0.2) is 42.5 Å². The van der Waals surface area contributed by atoms with E-state index >= 15 is 0 Å². The molecule has 3 N–H and O–H groups in total. The number of aliphatic hydroxyl groups is 1. The molecule has 4 heteroatoms. The van der Waals surface area contributed by atoms with Gasteiger partial charge in [0.25, 0.3) is 5.91 Å². The zero-order chi connectivity index (χ0) is 13.9. The van der Waals surface area contributed by atoms with Gasteiger partial charge in [0.2, 0.25) is 0 Å². The highest BCUT2D eigenvalue weighted by atomic mass is 16.3. The highest BCUT2D eigenvalue weighted by Crippen LogP contribution is 2.21. The van der Waals surface area contributed by atoms with Gasteiger partial charge in [-0.2, -0.15) is 0 Å². The quantitative estimate of drug-likeness (QED) is 0.792. The molecule has 0 aliphatic carbocycles. The van der Waals surface area contributed by atoms with Gasteiger partial charge in [-0.25, -0.2) is 5.43 Å². The van der Waals surface area contributed by atoms with Gasteiger partial charge < -0.3 is 5.11 Å². The number of benzene rings is 2. The summed E-state index contributed by atoms with van der Waals surface area (Å²) in [6.45, 7) is 0. The Balaban J connectivity index is 1.70. The Hall–Kier alpha value is -1.91. The van der Waals surface area contributed by atoms with Gasteiger partial charge in [-0.1, -0.05) is 42.5 Å². The zero-order valence-electron chi connectivity index (χ0n) is 11.2. The lowest BCUT2D eigenvalue weighted by Crippen LogP contribution is -2.55. The van der Waals surface area contributed by atoms with E-state index in [2.05, 4.69) is 47.2 Å². The number of nitrogens with one attached hydrogen (secondary N) is 2. The lowest BCUT2D eigenvalue weighted by molar-refractivity contribution is -0.134. The molecule has 1 heterocycles. The molecule has 0 spiro atoms. The van der Waals surface area contributed by atoms with Crippen LogP contribution >= 0.6 is 0 Å². The topological polar surface area (TPSA) is 61.4 Å². The molecule has 1 fully saturated rings. The van der Waals surface area contributed by atoms with E-state index in [1.54, 1.807) is 0 Å². The molecule has 4 nitrogen and oxygen atoms in total. The first-order chi connectivity index (χ1) is 9.74. The first-order valence-electron chi connectivity index (χ1n) is 6.94. The van der Waals surface area contributed by atoms with E-state index in [-0.39, 0.29) is 11.9 Å². The number of hydrazine groups is 1. The number of hydrogen-bond donors (Lipinski definition) is 3. The SMILES string of the molecule is O=C1NNC(CCc2cccc3ccccc23)CC1O. The zero-order valence-corrected chi connectivity index (χ0v) is 11.2. The molecule has 1 amide bonds. The fourth-order valence-electron chi connectivity index (χ4n) is 2.72. The summed E-state index contributed by atoms with van der Waals surface area (Å²) >= 11 is 0. The molecular weight excluding hydrogens is 252 g/mol. The maximum Gasteiger partial charge on any atom is 0.262 e. The minimum Gasteiger partial charge on any atom is -0.383 e. The normalized spacial score (nSPS) is 22.8. The van der Waals surface area contributed by atoms with E-state index in [0.29, 0.717) is 6.42 Å². The van der Waals surface area contributed by atoms with Gasteiger partial charge >= 0.3 is 0 Å². The van der Waals surface area contributed by atoms with Gasteiger partial charge in [-0.3, -0.25) is 10.2 Å². The molecular formula is C16H18N2O2. The molecule has 20 heavy (non-hydrogen) atoms. The first-order valence-corrected chi connectivity index (χ1v) is 6.94. The van der Waals surface area contributed by atoms with Crippen LogP contribution in [-0.2, 0) is 11.2 Å². The summed E-state index contributed by atoms with van der Waals surface area (Å²) in [5, 5.41) is 12.1. The average molecular weight is 270 g/mol. The summed E-state index contributed by atoms with van der Waals surface area (Å²) in [7, 11) is 0. The van der Waals surface area contributed by atoms with E-state index < -0.39 is 6.10 Å². The second-order valence-corrected chi connectivity index (χ2v) is 5.26. The van der Waals surface area contributed by atoms with Crippen LogP contribution in [0.5, 0.6) is 0 Å². The summed E-state index contributed by atoms with van der Waals surface area (Å²) in [4.78, 5) is 11.2. The Labute approximate surface area is 117 Å². The van der Waals surface area contributed by atoms with Gasteiger partial charge in [0.15, 0.2) is 0 Å². The Morgan fingerprint density at radius 1 is 1.15 bits per heavy atom. The highest BCUT2D eigenvalue weighted by molar-refractivity contribution is 5.85. The molecule has 0 bridgehead atoms. The molecule has 1 aliphatic heterocycles. The first kappa shape index (κ1) is 13.1. The predicted molar refractivity (Wildman–Crippen MR) is 78.0 cm³/mol. The third kappa shape index (κ3) is 2.66. The smallest absolute Gasteiger partial charge is 0.262 e. The van der Waals surface area contributed by atoms with E-state index in [1.807, 2.05) is 6.07 Å². The van der Waals surface area contributed by atoms with Crippen molar-refractivity contribution in [1.29, 1.82) is 0 Å². The summed E-state index contributed by atoms with van der Waals surface area (Å²) in [6.07, 6.45) is 1.37. The number of hydrogen-bond acceptors (Lipinski definition) is 3. The van der Waals surface area contributed by atoms with Crippen molar-refractivity contribution in [2.24, 2.45) is 0 Å². The van der Waals surface area contributed by atoms with Crippen molar-refractivity contribution in [2.45, 2.75) is 31.4 Å². The van der Waals surface area contributed by atoms with Gasteiger partial charge in [-0.05, 0) is 35.6 Å². The number of rotatable bonds is 3. The third-order valence-electron chi connectivity index (χ3n) is 3.85. The van der Waals surface area contributed by atoms with Crippen molar-refractivity contribution in [3.8, 4) is 0 Å². The monoisotopic (exact) mass is 270 g/mol. The Morgan fingerprint density at radius 2 is 1.95 bits per heavy atom. The molecule has 2 unspecified atom stereocenters. The summed E-state index contributed by atoms with van der Waals surface area (Å²) < 4.78 is 0. The molecule has 0 saturated carbocycles. The average Bonchev–Trinajstić information content (AvgIpc) is 2.48. The fourth-order valence-corrected chi connectivity index (χ4v) is 2.72. The molecule has 0 radical (unpaired) electrons. The maximum absolute atomic E-state index is 11.2. The third-order valence-corrected chi connectivity index (χ3v) is 3.85. The predicted octanol–water partition coefficient (Wildman–Crippen LogP) is 1.53. The lowest BCUT2D eigenvalue weighted by atomic mass is 9.96. The van der Waals surface area contributed by atoms with Crippen LogP contribution in [0, 0.1) is 0 Å². The van der Waals surface area contributed by atoms with Crippen LogP contribution in [0.3, 0.4) is 0 Å². The number of aliphatic hydroxyl groups excluding tert-OH is 1. The lowest BCUT2D eigenvalue weighted by Gasteiger charge is -2.27. The standard InChI is InChI=1S/C16H18N2O2/c19-15-10-13(17-18-16(15)20)9-8-12-6-3-5-11-4-1-2-7-14(11)12/h1-7,13,15,17,19H,8-10H2,(H,18,20). The van der Waals surface area contributed by atoms with Crippen LogP contribution in [0.1, 0.15) is 18.4 Å². The molecule has 104 valence electrons. The van der Waals surface area contributed by atoms with Crippen molar-refractivity contribution < 1.29 is 9.90 Å². The van der Waals surface area contributed by atoms with Crippen molar-refractivity contribution in [1.82, 2.24) is 10.9 Å². The number of carbonyl (C=O) groups is 1. The largest absolute Gasteiger partial charge is 0.383 e. The molecule has 0 aromatic heterocycles. The molecule has 2 aromatic rings. The molecule has 2 aromatic carbocycles. The van der Waals surface area contributed by atoms with Gasteiger partial charge in [0.05, 0.1) is 0 Å². The summed E-state index contributed by atoms with van der Waals surface area (Å²) in [5.74, 6) is -0.341. The summed E-state index contributed by atoms with van der Waals surface area (Å²) in [6, 6.07) is 14.8. The van der Waals surface area contributed by atoms with E-state index in [4.69, 9.17) is 0 Å². The number of fused-ring (bicyclic) bond motifs is 1. The van der Waals surface area contributed by atoms with Crippen LogP contribution in [-0.4, -0.2) is 23.2 Å². The minimum atomic E-state index is -0.895. The molecule has 2 atom stereocenters. The van der Waals surface area contributed by atoms with Gasteiger partial charge in [0, 0.05) is 6.04 Å². The fraction of sp³-hybridized carbons (Fsp3) is 0.312. The van der Waals surface area contributed by atoms with Crippen molar-refractivity contribution in [3.63, 3.8) is 0 Å². The van der Waals surface area contributed by atoms with Crippen LogP contribution in [0.2, 0.25) is 0 Å². The second kappa shape index (κ2) is 5.61. The van der Waals surface area contributed by atoms with Crippen molar-refractivity contribution in [2.75, 3.05) is 0 Å². The van der Waals surface area contributed by atoms with Gasteiger partial charge in [0.1, 0.15) is 6.10 Å². The van der Waals surface area contributed by atoms with Crippen LogP contribution in [0.4, 0.5) is 0 Å². The van der Waals surface area contributed by atoms with Crippen molar-refractivity contribution in [3.05, 3.63) is 48.0 Å². The van der Waals surface area contributed by atoms with Crippen LogP contribution < -0.4 is 10.9 Å². The van der Waals surface area contributed by atoms with E-state index in [1.165, 1.54) is 16.3 Å². The highest BCUT2D eigenvalue weighted by Gasteiger charge is 2.25. The second-order valence-electron chi connectivity index (χ2n) is 5.26. The minimum absolute atomic E-state index is 0.113. The Morgan fingerprint density at radius 3 is 2.80 bits per heavy atom. The molecule has 3 rings (SSSR count). The van der Waals surface area contributed by atoms with Crippen LogP contribution in [0.25, 0.3) is 10.8 Å². The maximum atomic E-state index is 11.2. The van der Waals surface area contributed by atoms with Crippen molar-refractivity contribution >= 4 is 16.7 Å². The number of aryl methyl sites for hydroxylation is 1. The molecule has 1 aliphatic rings. The number of carbonyl (C=O) groups excluding carboxylic acids is 1. The van der Waals surface area contributed by atoms with Gasteiger partial charge in [-0.15, -0.1) is 0 Å². The molecule has 1 saturated heterocycles.